The van der Waals surface area contributed by atoms with Crippen LogP contribution in [0.1, 0.15) is 34.1 Å². The largest absolute Gasteiger partial charge is 0.445 e. The van der Waals surface area contributed by atoms with Crippen molar-refractivity contribution in [3.05, 3.63) is 12.7 Å². The molecule has 2 heterocycles. The van der Waals surface area contributed by atoms with Crippen LogP contribution in [-0.4, -0.2) is 62.8 Å². The summed E-state index contributed by atoms with van der Waals surface area (Å²) in [5.41, 5.74) is 0. The number of hydrogen-bond donors (Lipinski definition) is 1. The number of Topliss-reactive ketones (excluding diaryl/α,β-unsaturated/α-hetero) is 1. The molecule has 0 radical (unpaired) electrons. The van der Waals surface area contributed by atoms with Crippen LogP contribution in [0, 0.1) is 11.8 Å². The van der Waals surface area contributed by atoms with Gasteiger partial charge in [0.1, 0.15) is 12.4 Å². The monoisotopic (exact) mass is 410 g/mol. The highest BCUT2D eigenvalue weighted by atomic mass is 28.4. The number of likely N-dealkylation sites (tertiary alicyclic amines) is 1. The third-order valence-corrected chi connectivity index (χ3v) is 10.8. The van der Waals surface area contributed by atoms with E-state index in [0.29, 0.717) is 6.54 Å². The van der Waals surface area contributed by atoms with E-state index in [4.69, 9.17) is 9.16 Å². The van der Waals surface area contributed by atoms with Crippen LogP contribution < -0.4 is 5.32 Å². The van der Waals surface area contributed by atoms with Crippen LogP contribution in [0.15, 0.2) is 12.7 Å². The third-order valence-electron chi connectivity index (χ3n) is 6.27. The summed E-state index contributed by atoms with van der Waals surface area (Å²) < 4.78 is 11.5. The van der Waals surface area contributed by atoms with Gasteiger partial charge in [0.2, 0.25) is 5.91 Å². The molecule has 158 valence electrons. The van der Waals surface area contributed by atoms with E-state index in [1.54, 1.807) is 0 Å². The fourth-order valence-corrected chi connectivity index (χ4v) is 4.98. The molecule has 2 saturated heterocycles. The molecular formula is C20H34N2O5Si. The maximum Gasteiger partial charge on any atom is 0.410 e. The second-order valence-electron chi connectivity index (χ2n) is 9.28. The number of piperidine rings is 1. The molecule has 2 fully saturated rings. The number of hydrogen-bond acceptors (Lipinski definition) is 5. The van der Waals surface area contributed by atoms with Gasteiger partial charge >= 0.3 is 6.09 Å². The molecule has 0 aliphatic carbocycles. The molecule has 0 bridgehead atoms. The Hall–Kier alpha value is -1.67. The van der Waals surface area contributed by atoms with Crippen molar-refractivity contribution >= 4 is 26.1 Å². The lowest BCUT2D eigenvalue weighted by molar-refractivity contribution is -0.146. The fourth-order valence-electron chi connectivity index (χ4n) is 3.55. The van der Waals surface area contributed by atoms with Gasteiger partial charge in [-0.1, -0.05) is 33.4 Å². The zero-order valence-corrected chi connectivity index (χ0v) is 18.9. The van der Waals surface area contributed by atoms with E-state index in [1.165, 1.54) is 11.0 Å². The molecule has 0 unspecified atom stereocenters. The standard InChI is InChI=1S/C20H34N2O5Si/c1-8-11-26-19(25)22-10-9-15(23)14(12-22)17-16(18(24)21-17)13(2)27-28(6,7)20(3,4)5/h8,13-14,16-17H,1,9-12H2,2-7H3,(H,21,24)/t13-,14+,16-,17-/m1/s1. The molecule has 1 N–H and O–H groups in total. The number of ketones is 1. The lowest BCUT2D eigenvalue weighted by Crippen LogP contribution is -2.69. The van der Waals surface area contributed by atoms with Crippen molar-refractivity contribution in [1.82, 2.24) is 10.2 Å². The summed E-state index contributed by atoms with van der Waals surface area (Å²) in [5.74, 6) is -0.830. The van der Waals surface area contributed by atoms with Gasteiger partial charge in [-0.25, -0.2) is 4.79 Å². The maximum absolute atomic E-state index is 12.6. The minimum atomic E-state index is -2.04. The molecule has 7 nitrogen and oxygen atoms in total. The summed E-state index contributed by atoms with van der Waals surface area (Å²) in [6.45, 7) is 16.9. The van der Waals surface area contributed by atoms with Gasteiger partial charge < -0.3 is 19.4 Å². The Morgan fingerprint density at radius 2 is 2.04 bits per heavy atom. The molecular weight excluding hydrogens is 376 g/mol. The van der Waals surface area contributed by atoms with Gasteiger partial charge in [-0.15, -0.1) is 0 Å². The van der Waals surface area contributed by atoms with Crippen LogP contribution in [0.25, 0.3) is 0 Å². The van der Waals surface area contributed by atoms with E-state index >= 15 is 0 Å². The van der Waals surface area contributed by atoms with Crippen molar-refractivity contribution in [1.29, 1.82) is 0 Å². The van der Waals surface area contributed by atoms with Crippen LogP contribution in [0.3, 0.4) is 0 Å². The molecule has 2 aliphatic heterocycles. The number of rotatable bonds is 6. The summed E-state index contributed by atoms with van der Waals surface area (Å²) in [4.78, 5) is 38.6. The van der Waals surface area contributed by atoms with E-state index in [2.05, 4.69) is 45.8 Å². The minimum Gasteiger partial charge on any atom is -0.445 e. The van der Waals surface area contributed by atoms with Crippen LogP contribution in [0.5, 0.6) is 0 Å². The van der Waals surface area contributed by atoms with E-state index < -0.39 is 20.3 Å². The quantitative estimate of drug-likeness (QED) is 0.413. The van der Waals surface area contributed by atoms with Crippen molar-refractivity contribution in [3.8, 4) is 0 Å². The van der Waals surface area contributed by atoms with Crippen molar-refractivity contribution in [2.24, 2.45) is 11.8 Å². The Morgan fingerprint density at radius 1 is 1.39 bits per heavy atom. The zero-order valence-electron chi connectivity index (χ0n) is 17.9. The Labute approximate surface area is 168 Å². The molecule has 8 heteroatoms. The Bertz CT molecular complexity index is 643. The SMILES string of the molecule is C=CCOC(=O)N1CCC(=O)[C@@H]([C@H]2NC(=O)[C@@H]2[C@@H](C)O[Si](C)(C)C(C)(C)C)C1. The smallest absolute Gasteiger partial charge is 0.410 e. The van der Waals surface area contributed by atoms with Crippen molar-refractivity contribution < 1.29 is 23.5 Å². The summed E-state index contributed by atoms with van der Waals surface area (Å²) in [7, 11) is -2.04. The van der Waals surface area contributed by atoms with E-state index in [1.807, 2.05) is 6.92 Å². The highest BCUT2D eigenvalue weighted by Gasteiger charge is 2.52. The van der Waals surface area contributed by atoms with Gasteiger partial charge in [-0.3, -0.25) is 9.59 Å². The average molecular weight is 411 g/mol. The van der Waals surface area contributed by atoms with Gasteiger partial charge in [0, 0.05) is 19.5 Å². The zero-order chi connectivity index (χ0) is 21.3. The summed E-state index contributed by atoms with van der Waals surface area (Å²) in [6.07, 6.45) is 1.04. The number of nitrogens with one attached hydrogen (secondary N) is 1. The molecule has 2 amide bonds. The van der Waals surface area contributed by atoms with Crippen LogP contribution in [-0.2, 0) is 18.8 Å². The Kier molecular flexibility index (Phi) is 6.76. The molecule has 28 heavy (non-hydrogen) atoms. The van der Waals surface area contributed by atoms with E-state index in [-0.39, 0.29) is 54.4 Å². The first-order valence-corrected chi connectivity index (χ1v) is 12.8. The van der Waals surface area contributed by atoms with Gasteiger partial charge in [-0.2, -0.15) is 0 Å². The van der Waals surface area contributed by atoms with Crippen LogP contribution in [0.2, 0.25) is 18.1 Å². The summed E-state index contributed by atoms with van der Waals surface area (Å²) in [6, 6.07) is -0.310. The molecule has 0 spiro atoms. The van der Waals surface area contributed by atoms with Gasteiger partial charge in [0.05, 0.1) is 24.0 Å². The maximum atomic E-state index is 12.6. The van der Waals surface area contributed by atoms with Crippen LogP contribution >= 0.6 is 0 Å². The second-order valence-corrected chi connectivity index (χ2v) is 14.0. The van der Waals surface area contributed by atoms with Gasteiger partial charge in [0.25, 0.3) is 0 Å². The number of amides is 2. The predicted molar refractivity (Wildman–Crippen MR) is 109 cm³/mol. The first-order valence-electron chi connectivity index (χ1n) is 9.92. The molecule has 0 aromatic rings. The normalized spacial score (nSPS) is 26.9. The van der Waals surface area contributed by atoms with E-state index in [9.17, 15) is 14.4 Å². The number of nitrogens with zero attached hydrogens (tertiary/aromatic N) is 1. The number of carbonyl (C=O) groups is 3. The molecule has 0 saturated carbocycles. The molecule has 2 aliphatic rings. The highest BCUT2D eigenvalue weighted by molar-refractivity contribution is 6.74. The number of ether oxygens (including phenoxy) is 1. The van der Waals surface area contributed by atoms with E-state index in [0.717, 1.165) is 0 Å². The third kappa shape index (κ3) is 4.65. The van der Waals surface area contributed by atoms with Crippen molar-refractivity contribution in [3.63, 3.8) is 0 Å². The second kappa shape index (κ2) is 8.37. The van der Waals surface area contributed by atoms with Crippen LogP contribution in [0.4, 0.5) is 4.79 Å². The Balaban J connectivity index is 2.08. The van der Waals surface area contributed by atoms with Gasteiger partial charge in [0.15, 0.2) is 8.32 Å². The van der Waals surface area contributed by atoms with Crippen molar-refractivity contribution in [2.75, 3.05) is 19.7 Å². The van der Waals surface area contributed by atoms with Gasteiger partial charge in [-0.05, 0) is 25.1 Å². The number of β-lactam (4-membered cyclic amide) rings is 1. The average Bonchev–Trinajstić information content (AvgIpc) is 2.56. The fraction of sp³-hybridized carbons (Fsp3) is 0.750. The topological polar surface area (TPSA) is 84.9 Å². The molecule has 4 atom stereocenters. The lowest BCUT2D eigenvalue weighted by atomic mass is 9.75. The number of carbonyl (C=O) groups excluding carboxylic acids is 3. The predicted octanol–water partition coefficient (Wildman–Crippen LogP) is 2.72. The molecule has 0 aromatic heterocycles. The molecule has 0 aromatic carbocycles. The summed E-state index contributed by atoms with van der Waals surface area (Å²) in [5, 5.41) is 2.91. The Morgan fingerprint density at radius 3 is 2.57 bits per heavy atom. The summed E-state index contributed by atoms with van der Waals surface area (Å²) >= 11 is 0. The first-order chi connectivity index (χ1) is 12.9. The van der Waals surface area contributed by atoms with Crippen molar-refractivity contribution in [2.45, 2.75) is 64.4 Å². The minimum absolute atomic E-state index is 0.0311. The first kappa shape index (κ1) is 22.6. The molecule has 2 rings (SSSR count). The lowest BCUT2D eigenvalue weighted by Gasteiger charge is -2.48. The highest BCUT2D eigenvalue weighted by Crippen LogP contribution is 2.40.